The minimum absolute atomic E-state index is 0.171. The summed E-state index contributed by atoms with van der Waals surface area (Å²) in [5.41, 5.74) is -1.04. The lowest BCUT2D eigenvalue weighted by Crippen LogP contribution is -2.56. The molecule has 0 bridgehead atoms. The van der Waals surface area contributed by atoms with Crippen molar-refractivity contribution in [3.63, 3.8) is 0 Å². The van der Waals surface area contributed by atoms with Gasteiger partial charge in [0.1, 0.15) is 5.54 Å². The molecule has 0 aromatic carbocycles. The highest BCUT2D eigenvalue weighted by molar-refractivity contribution is 5.87. The van der Waals surface area contributed by atoms with Crippen molar-refractivity contribution in [2.45, 2.75) is 70.9 Å². The number of rotatable bonds is 7. The van der Waals surface area contributed by atoms with Crippen LogP contribution in [-0.4, -0.2) is 35.1 Å². The van der Waals surface area contributed by atoms with Gasteiger partial charge in [0.25, 0.3) is 0 Å². The summed E-state index contributed by atoms with van der Waals surface area (Å²) in [7, 11) is 0. The summed E-state index contributed by atoms with van der Waals surface area (Å²) in [4.78, 5) is 23.5. The second-order valence-electron chi connectivity index (χ2n) is 6.15. The van der Waals surface area contributed by atoms with Gasteiger partial charge in [0, 0.05) is 19.0 Å². The summed E-state index contributed by atoms with van der Waals surface area (Å²) in [6.07, 6.45) is 4.27. The summed E-state index contributed by atoms with van der Waals surface area (Å²) >= 11 is 0. The van der Waals surface area contributed by atoms with Crippen molar-refractivity contribution >= 4 is 11.9 Å². The zero-order valence-electron chi connectivity index (χ0n) is 12.9. The van der Waals surface area contributed by atoms with E-state index in [9.17, 15) is 14.7 Å². The summed E-state index contributed by atoms with van der Waals surface area (Å²) in [6, 6.07) is 0.330. The van der Waals surface area contributed by atoms with Crippen LogP contribution >= 0.6 is 0 Å². The molecule has 0 atom stereocenters. The molecule has 1 fully saturated rings. The van der Waals surface area contributed by atoms with Crippen LogP contribution in [0, 0.1) is 5.92 Å². The Kier molecular flexibility index (Phi) is 6.46. The quantitative estimate of drug-likeness (QED) is 0.667. The summed E-state index contributed by atoms with van der Waals surface area (Å²) in [5, 5.41) is 15.4. The zero-order valence-corrected chi connectivity index (χ0v) is 12.9. The van der Waals surface area contributed by atoms with Gasteiger partial charge in [0.15, 0.2) is 0 Å². The Morgan fingerprint density at radius 2 is 1.90 bits per heavy atom. The van der Waals surface area contributed by atoms with E-state index in [0.717, 1.165) is 19.3 Å². The topological polar surface area (TPSA) is 78.4 Å². The number of nitrogens with one attached hydrogen (secondary N) is 2. The average molecular weight is 284 g/mol. The highest BCUT2D eigenvalue weighted by Gasteiger charge is 2.42. The lowest BCUT2D eigenvalue weighted by molar-refractivity contribution is -0.149. The molecule has 0 unspecified atom stereocenters. The van der Waals surface area contributed by atoms with Gasteiger partial charge in [-0.25, -0.2) is 4.79 Å². The van der Waals surface area contributed by atoms with Crippen LogP contribution in [0.1, 0.15) is 59.3 Å². The molecule has 1 aliphatic carbocycles. The molecule has 0 heterocycles. The number of carboxylic acids is 1. The van der Waals surface area contributed by atoms with Crippen LogP contribution in [0.25, 0.3) is 0 Å². The van der Waals surface area contributed by atoms with Crippen molar-refractivity contribution in [1.82, 2.24) is 10.6 Å². The first-order valence-corrected chi connectivity index (χ1v) is 7.67. The number of carbonyl (C=O) groups excluding carboxylic acids is 1. The monoisotopic (exact) mass is 284 g/mol. The van der Waals surface area contributed by atoms with E-state index >= 15 is 0 Å². The van der Waals surface area contributed by atoms with Gasteiger partial charge in [-0.3, -0.25) is 4.79 Å². The molecule has 1 aliphatic rings. The Morgan fingerprint density at radius 3 is 2.35 bits per heavy atom. The maximum atomic E-state index is 11.9. The van der Waals surface area contributed by atoms with Crippen LogP contribution in [0.2, 0.25) is 0 Å². The molecule has 5 heteroatoms. The Morgan fingerprint density at radius 1 is 1.30 bits per heavy atom. The molecule has 0 aliphatic heterocycles. The SMILES string of the molecule is CCC1CCC(NC(=O)CCNC(C)C)(C(=O)O)CC1. The fourth-order valence-electron chi connectivity index (χ4n) is 2.77. The molecule has 0 radical (unpaired) electrons. The molecule has 0 saturated heterocycles. The number of hydrogen-bond acceptors (Lipinski definition) is 3. The first-order chi connectivity index (χ1) is 9.39. The van der Waals surface area contributed by atoms with E-state index in [4.69, 9.17) is 0 Å². The van der Waals surface area contributed by atoms with E-state index in [1.165, 1.54) is 0 Å². The van der Waals surface area contributed by atoms with Crippen LogP contribution in [0.15, 0.2) is 0 Å². The number of hydrogen-bond donors (Lipinski definition) is 3. The molecule has 1 rings (SSSR count). The molecule has 1 amide bonds. The molecule has 20 heavy (non-hydrogen) atoms. The van der Waals surface area contributed by atoms with Gasteiger partial charge in [-0.1, -0.05) is 27.2 Å². The molecular weight excluding hydrogens is 256 g/mol. The number of aliphatic carboxylic acids is 1. The van der Waals surface area contributed by atoms with Crippen molar-refractivity contribution in [1.29, 1.82) is 0 Å². The van der Waals surface area contributed by atoms with Gasteiger partial charge < -0.3 is 15.7 Å². The fraction of sp³-hybridized carbons (Fsp3) is 0.867. The van der Waals surface area contributed by atoms with Crippen molar-refractivity contribution < 1.29 is 14.7 Å². The standard InChI is InChI=1S/C15H28N2O3/c1-4-12-5-8-15(9-6-12,14(19)20)17-13(18)7-10-16-11(2)3/h11-12,16H,4-10H2,1-3H3,(H,17,18)(H,19,20). The Hall–Kier alpha value is -1.10. The second kappa shape index (κ2) is 7.62. The first kappa shape index (κ1) is 17.0. The van der Waals surface area contributed by atoms with Crippen LogP contribution < -0.4 is 10.6 Å². The van der Waals surface area contributed by atoms with Crippen LogP contribution in [-0.2, 0) is 9.59 Å². The minimum atomic E-state index is -1.04. The molecule has 5 nitrogen and oxygen atoms in total. The molecular formula is C15H28N2O3. The fourth-order valence-corrected chi connectivity index (χ4v) is 2.77. The number of carboxylic acid groups (broad SMARTS) is 1. The van der Waals surface area contributed by atoms with E-state index in [1.54, 1.807) is 0 Å². The average Bonchev–Trinajstić information content (AvgIpc) is 2.38. The lowest BCUT2D eigenvalue weighted by Gasteiger charge is -2.37. The highest BCUT2D eigenvalue weighted by atomic mass is 16.4. The first-order valence-electron chi connectivity index (χ1n) is 7.67. The number of amides is 1. The largest absolute Gasteiger partial charge is 0.480 e. The van der Waals surface area contributed by atoms with E-state index in [-0.39, 0.29) is 5.91 Å². The molecule has 0 aromatic heterocycles. The molecule has 3 N–H and O–H groups in total. The predicted molar refractivity (Wildman–Crippen MR) is 78.5 cm³/mol. The normalized spacial score (nSPS) is 26.5. The maximum absolute atomic E-state index is 11.9. The molecule has 0 spiro atoms. The smallest absolute Gasteiger partial charge is 0.329 e. The third kappa shape index (κ3) is 4.78. The van der Waals surface area contributed by atoms with Gasteiger partial charge in [-0.2, -0.15) is 0 Å². The molecule has 116 valence electrons. The van der Waals surface area contributed by atoms with E-state index < -0.39 is 11.5 Å². The van der Waals surface area contributed by atoms with Gasteiger partial charge in [0.05, 0.1) is 0 Å². The second-order valence-corrected chi connectivity index (χ2v) is 6.15. The van der Waals surface area contributed by atoms with Crippen LogP contribution in [0.4, 0.5) is 0 Å². The van der Waals surface area contributed by atoms with Crippen LogP contribution in [0.5, 0.6) is 0 Å². The Balaban J connectivity index is 2.51. The maximum Gasteiger partial charge on any atom is 0.329 e. The van der Waals surface area contributed by atoms with Gasteiger partial charge in [0.2, 0.25) is 5.91 Å². The van der Waals surface area contributed by atoms with Crippen LogP contribution in [0.3, 0.4) is 0 Å². The third-order valence-electron chi connectivity index (χ3n) is 4.23. The van der Waals surface area contributed by atoms with Crippen molar-refractivity contribution in [2.75, 3.05) is 6.54 Å². The zero-order chi connectivity index (χ0) is 15.2. The van der Waals surface area contributed by atoms with Crippen molar-refractivity contribution in [3.05, 3.63) is 0 Å². The highest BCUT2D eigenvalue weighted by Crippen LogP contribution is 2.34. The molecule has 1 saturated carbocycles. The third-order valence-corrected chi connectivity index (χ3v) is 4.23. The predicted octanol–water partition coefficient (Wildman–Crippen LogP) is 1.91. The van der Waals surface area contributed by atoms with E-state index in [1.807, 2.05) is 13.8 Å². The van der Waals surface area contributed by atoms with Crippen molar-refractivity contribution in [3.8, 4) is 0 Å². The van der Waals surface area contributed by atoms with Crippen molar-refractivity contribution in [2.24, 2.45) is 5.92 Å². The summed E-state index contributed by atoms with van der Waals surface area (Å²) in [6.45, 7) is 6.75. The summed E-state index contributed by atoms with van der Waals surface area (Å²) < 4.78 is 0. The van der Waals surface area contributed by atoms with Gasteiger partial charge >= 0.3 is 5.97 Å². The van der Waals surface area contributed by atoms with E-state index in [2.05, 4.69) is 17.6 Å². The number of carbonyl (C=O) groups is 2. The Bertz CT molecular complexity index is 334. The summed E-state index contributed by atoms with van der Waals surface area (Å²) in [5.74, 6) is -0.463. The Labute approximate surface area is 121 Å². The van der Waals surface area contributed by atoms with Gasteiger partial charge in [-0.15, -0.1) is 0 Å². The molecule has 0 aromatic rings. The minimum Gasteiger partial charge on any atom is -0.480 e. The van der Waals surface area contributed by atoms with Gasteiger partial charge in [-0.05, 0) is 31.6 Å². The lowest BCUT2D eigenvalue weighted by atomic mass is 9.75. The van der Waals surface area contributed by atoms with E-state index in [0.29, 0.717) is 37.8 Å².